The standard InChI is InChI=1S/C22H23F2N3O3/c1-14-12-15(2)27(26-14)18-7-4-16(5-8-18)10-11-25-21(28)17-6-9-19(30-22(23)24)20(13-17)29-3/h4-9,12-13,22H,10-11H2,1-3H3,(H,25,28). The zero-order valence-electron chi connectivity index (χ0n) is 17.0. The van der Waals surface area contributed by atoms with Gasteiger partial charge in [-0.3, -0.25) is 4.79 Å². The number of benzene rings is 2. The first kappa shape index (κ1) is 21.3. The monoisotopic (exact) mass is 415 g/mol. The molecule has 1 amide bonds. The fourth-order valence-corrected chi connectivity index (χ4v) is 3.12. The second-order valence-corrected chi connectivity index (χ2v) is 6.76. The molecule has 3 rings (SSSR count). The second-order valence-electron chi connectivity index (χ2n) is 6.76. The van der Waals surface area contributed by atoms with Crippen LogP contribution in [0.3, 0.4) is 0 Å². The van der Waals surface area contributed by atoms with Crippen LogP contribution in [0.25, 0.3) is 5.69 Å². The summed E-state index contributed by atoms with van der Waals surface area (Å²) in [6.07, 6.45) is 0.646. The van der Waals surface area contributed by atoms with Crippen molar-refractivity contribution in [1.29, 1.82) is 0 Å². The molecule has 0 fully saturated rings. The highest BCUT2D eigenvalue weighted by Gasteiger charge is 2.14. The van der Waals surface area contributed by atoms with E-state index in [2.05, 4.69) is 15.2 Å². The van der Waals surface area contributed by atoms with Gasteiger partial charge in [-0.25, -0.2) is 4.68 Å². The van der Waals surface area contributed by atoms with Crippen molar-refractivity contribution in [3.8, 4) is 17.2 Å². The lowest BCUT2D eigenvalue weighted by Gasteiger charge is -2.12. The van der Waals surface area contributed by atoms with Crippen molar-refractivity contribution in [2.75, 3.05) is 13.7 Å². The molecule has 0 unspecified atom stereocenters. The number of amides is 1. The van der Waals surface area contributed by atoms with Crippen LogP contribution < -0.4 is 14.8 Å². The van der Waals surface area contributed by atoms with Gasteiger partial charge in [0.1, 0.15) is 0 Å². The van der Waals surface area contributed by atoms with Gasteiger partial charge in [0.05, 0.1) is 18.5 Å². The molecule has 1 N–H and O–H groups in total. The Bertz CT molecular complexity index is 1020. The van der Waals surface area contributed by atoms with E-state index in [0.29, 0.717) is 18.5 Å². The lowest BCUT2D eigenvalue weighted by atomic mass is 10.1. The van der Waals surface area contributed by atoms with Gasteiger partial charge in [0, 0.05) is 17.8 Å². The number of aromatic nitrogens is 2. The van der Waals surface area contributed by atoms with Crippen LogP contribution >= 0.6 is 0 Å². The van der Waals surface area contributed by atoms with E-state index in [1.165, 1.54) is 25.3 Å². The number of hydrogen-bond donors (Lipinski definition) is 1. The van der Waals surface area contributed by atoms with Gasteiger partial charge in [-0.1, -0.05) is 12.1 Å². The molecule has 0 saturated carbocycles. The summed E-state index contributed by atoms with van der Waals surface area (Å²) in [5, 5.41) is 7.28. The van der Waals surface area contributed by atoms with Crippen molar-refractivity contribution in [2.45, 2.75) is 26.9 Å². The first-order valence-electron chi connectivity index (χ1n) is 9.41. The van der Waals surface area contributed by atoms with Crippen LogP contribution in [0.4, 0.5) is 8.78 Å². The van der Waals surface area contributed by atoms with Crippen LogP contribution in [0, 0.1) is 13.8 Å². The highest BCUT2D eigenvalue weighted by molar-refractivity contribution is 5.94. The largest absolute Gasteiger partial charge is 0.493 e. The third-order valence-electron chi connectivity index (χ3n) is 4.53. The molecule has 0 atom stereocenters. The average Bonchev–Trinajstić information content (AvgIpc) is 3.06. The molecule has 8 heteroatoms. The maximum atomic E-state index is 12.4. The SMILES string of the molecule is COc1cc(C(=O)NCCc2ccc(-n3nc(C)cc3C)cc2)ccc1OC(F)F. The molecule has 0 aliphatic carbocycles. The summed E-state index contributed by atoms with van der Waals surface area (Å²) < 4.78 is 36.1. The maximum absolute atomic E-state index is 12.4. The number of ether oxygens (including phenoxy) is 2. The van der Waals surface area contributed by atoms with Gasteiger partial charge in [-0.2, -0.15) is 13.9 Å². The second kappa shape index (κ2) is 9.39. The maximum Gasteiger partial charge on any atom is 0.387 e. The van der Waals surface area contributed by atoms with E-state index >= 15 is 0 Å². The third-order valence-corrected chi connectivity index (χ3v) is 4.53. The fourth-order valence-electron chi connectivity index (χ4n) is 3.12. The summed E-state index contributed by atoms with van der Waals surface area (Å²) in [5.74, 6) is -0.370. The van der Waals surface area contributed by atoms with Crippen molar-refractivity contribution in [3.05, 3.63) is 71.0 Å². The van der Waals surface area contributed by atoms with Crippen molar-refractivity contribution >= 4 is 5.91 Å². The summed E-state index contributed by atoms with van der Waals surface area (Å²) in [7, 11) is 1.32. The van der Waals surface area contributed by atoms with Crippen LogP contribution in [0.5, 0.6) is 11.5 Å². The summed E-state index contributed by atoms with van der Waals surface area (Å²) in [4.78, 5) is 12.3. The number of hydrogen-bond acceptors (Lipinski definition) is 4. The molecule has 3 aromatic rings. The van der Waals surface area contributed by atoms with E-state index < -0.39 is 6.61 Å². The summed E-state index contributed by atoms with van der Waals surface area (Å²) in [5.41, 5.74) is 4.37. The first-order valence-corrected chi connectivity index (χ1v) is 9.41. The number of carbonyl (C=O) groups excluding carboxylic acids is 1. The summed E-state index contributed by atoms with van der Waals surface area (Å²) >= 11 is 0. The molecule has 0 bridgehead atoms. The number of aryl methyl sites for hydroxylation is 2. The van der Waals surface area contributed by atoms with E-state index in [0.717, 1.165) is 22.6 Å². The Kier molecular flexibility index (Phi) is 6.66. The van der Waals surface area contributed by atoms with Gasteiger partial charge < -0.3 is 14.8 Å². The molecule has 6 nitrogen and oxygen atoms in total. The van der Waals surface area contributed by atoms with Gasteiger partial charge in [0.15, 0.2) is 11.5 Å². The Morgan fingerprint density at radius 1 is 1.10 bits per heavy atom. The minimum atomic E-state index is -2.97. The lowest BCUT2D eigenvalue weighted by Crippen LogP contribution is -2.25. The van der Waals surface area contributed by atoms with E-state index in [-0.39, 0.29) is 17.4 Å². The number of alkyl halides is 2. The zero-order chi connectivity index (χ0) is 21.7. The molecule has 0 aliphatic rings. The quantitative estimate of drug-likeness (QED) is 0.602. The number of carbonyl (C=O) groups is 1. The third kappa shape index (κ3) is 5.14. The lowest BCUT2D eigenvalue weighted by molar-refractivity contribution is -0.0512. The Balaban J connectivity index is 1.57. The van der Waals surface area contributed by atoms with Crippen molar-refractivity contribution in [2.24, 2.45) is 0 Å². The summed E-state index contributed by atoms with van der Waals surface area (Å²) in [6, 6.07) is 14.1. The van der Waals surface area contributed by atoms with Crippen molar-refractivity contribution < 1.29 is 23.0 Å². The first-order chi connectivity index (χ1) is 14.4. The number of nitrogens with one attached hydrogen (secondary N) is 1. The van der Waals surface area contributed by atoms with E-state index in [4.69, 9.17) is 4.74 Å². The number of halogens is 2. The molecule has 158 valence electrons. The number of rotatable bonds is 8. The molecule has 30 heavy (non-hydrogen) atoms. The van der Waals surface area contributed by atoms with Crippen LogP contribution in [0.2, 0.25) is 0 Å². The minimum absolute atomic E-state index is 0.0719. The molecular weight excluding hydrogens is 392 g/mol. The summed E-state index contributed by atoms with van der Waals surface area (Å²) in [6.45, 7) is 1.42. The molecule has 0 spiro atoms. The normalized spacial score (nSPS) is 10.9. The van der Waals surface area contributed by atoms with E-state index in [9.17, 15) is 13.6 Å². The van der Waals surface area contributed by atoms with Gasteiger partial charge in [0.2, 0.25) is 0 Å². The van der Waals surface area contributed by atoms with Gasteiger partial charge in [-0.15, -0.1) is 0 Å². The van der Waals surface area contributed by atoms with Crippen molar-refractivity contribution in [3.63, 3.8) is 0 Å². The van der Waals surface area contributed by atoms with Gasteiger partial charge in [0.25, 0.3) is 5.91 Å². The molecule has 0 radical (unpaired) electrons. The molecule has 1 heterocycles. The predicted octanol–water partition coefficient (Wildman–Crippen LogP) is 4.07. The van der Waals surface area contributed by atoms with E-state index in [1.54, 1.807) is 0 Å². The van der Waals surface area contributed by atoms with Crippen molar-refractivity contribution in [1.82, 2.24) is 15.1 Å². The Hall–Kier alpha value is -3.42. The molecule has 0 aliphatic heterocycles. The Morgan fingerprint density at radius 2 is 1.83 bits per heavy atom. The topological polar surface area (TPSA) is 65.4 Å². The van der Waals surface area contributed by atoms with Gasteiger partial charge in [-0.05, 0) is 62.2 Å². The zero-order valence-corrected chi connectivity index (χ0v) is 17.0. The average molecular weight is 415 g/mol. The Morgan fingerprint density at radius 3 is 2.43 bits per heavy atom. The minimum Gasteiger partial charge on any atom is -0.493 e. The Labute approximate surface area is 173 Å². The predicted molar refractivity (Wildman–Crippen MR) is 109 cm³/mol. The van der Waals surface area contributed by atoms with Gasteiger partial charge >= 0.3 is 6.61 Å². The molecular formula is C22H23F2N3O3. The molecule has 0 saturated heterocycles. The highest BCUT2D eigenvalue weighted by Crippen LogP contribution is 2.29. The highest BCUT2D eigenvalue weighted by atomic mass is 19.3. The number of methoxy groups -OCH3 is 1. The van der Waals surface area contributed by atoms with Crippen LogP contribution in [0.1, 0.15) is 27.3 Å². The van der Waals surface area contributed by atoms with Crippen LogP contribution in [-0.4, -0.2) is 36.0 Å². The van der Waals surface area contributed by atoms with E-state index in [1.807, 2.05) is 48.9 Å². The number of nitrogens with zero attached hydrogens (tertiary/aromatic N) is 2. The molecule has 2 aromatic carbocycles. The van der Waals surface area contributed by atoms with Crippen LogP contribution in [-0.2, 0) is 6.42 Å². The smallest absolute Gasteiger partial charge is 0.387 e. The van der Waals surface area contributed by atoms with Crippen LogP contribution in [0.15, 0.2) is 48.5 Å². The molecule has 1 aromatic heterocycles. The fraction of sp³-hybridized carbons (Fsp3) is 0.273.